The lowest BCUT2D eigenvalue weighted by atomic mass is 9.87. The molecule has 0 aliphatic carbocycles. The van der Waals surface area contributed by atoms with Crippen molar-refractivity contribution in [2.75, 3.05) is 37.7 Å². The molecule has 1 aromatic carbocycles. The smallest absolute Gasteiger partial charge is 0.225 e. The van der Waals surface area contributed by atoms with E-state index in [1.54, 1.807) is 12.3 Å². The average Bonchev–Trinajstić information content (AvgIpc) is 2.89. The van der Waals surface area contributed by atoms with Crippen LogP contribution in [0.15, 0.2) is 54.7 Å². The van der Waals surface area contributed by atoms with Crippen LogP contribution in [-0.2, 0) is 9.53 Å². The van der Waals surface area contributed by atoms with Gasteiger partial charge in [0, 0.05) is 32.4 Å². The van der Waals surface area contributed by atoms with Gasteiger partial charge in [-0.3, -0.25) is 4.79 Å². The molecule has 2 aliphatic heterocycles. The molecule has 3 heterocycles. The molecule has 0 atom stereocenters. The van der Waals surface area contributed by atoms with Gasteiger partial charge in [0.2, 0.25) is 5.91 Å². The first-order valence-electron chi connectivity index (χ1n) is 10.1. The van der Waals surface area contributed by atoms with Gasteiger partial charge in [0.15, 0.2) is 11.6 Å². The summed E-state index contributed by atoms with van der Waals surface area (Å²) in [6.45, 7) is 2.98. The molecule has 1 spiro atoms. The van der Waals surface area contributed by atoms with Crippen LogP contribution in [0.25, 0.3) is 6.08 Å². The van der Waals surface area contributed by atoms with Crippen LogP contribution in [0.1, 0.15) is 24.8 Å². The zero-order chi connectivity index (χ0) is 20.1. The fourth-order valence-corrected chi connectivity index (χ4v) is 4.07. The van der Waals surface area contributed by atoms with Crippen LogP contribution in [0.2, 0.25) is 0 Å². The van der Waals surface area contributed by atoms with Gasteiger partial charge in [0.25, 0.3) is 0 Å². The predicted molar refractivity (Wildman–Crippen MR) is 111 cm³/mol. The molecule has 0 radical (unpaired) electrons. The van der Waals surface area contributed by atoms with Crippen molar-refractivity contribution >= 4 is 17.8 Å². The van der Waals surface area contributed by atoms with Crippen molar-refractivity contribution in [1.29, 1.82) is 0 Å². The largest absolute Gasteiger partial charge is 0.372 e. The number of ether oxygens (including phenoxy) is 1. The van der Waals surface area contributed by atoms with Crippen LogP contribution in [0.3, 0.4) is 0 Å². The van der Waals surface area contributed by atoms with Gasteiger partial charge in [-0.25, -0.2) is 9.37 Å². The summed E-state index contributed by atoms with van der Waals surface area (Å²) in [4.78, 5) is 20.8. The molecular weight excluding hydrogens is 369 g/mol. The van der Waals surface area contributed by atoms with Crippen LogP contribution in [0.5, 0.6) is 0 Å². The molecule has 152 valence electrons. The minimum Gasteiger partial charge on any atom is -0.372 e. The number of anilines is 1. The van der Waals surface area contributed by atoms with Crippen molar-refractivity contribution in [2.45, 2.75) is 24.9 Å². The lowest BCUT2D eigenvalue weighted by Crippen LogP contribution is -2.47. The van der Waals surface area contributed by atoms with E-state index >= 15 is 0 Å². The molecule has 0 bridgehead atoms. The van der Waals surface area contributed by atoms with Crippen LogP contribution < -0.4 is 4.90 Å². The number of piperidine rings is 1. The zero-order valence-electron chi connectivity index (χ0n) is 16.5. The van der Waals surface area contributed by atoms with Gasteiger partial charge in [0.1, 0.15) is 0 Å². The number of amides is 1. The van der Waals surface area contributed by atoms with E-state index in [9.17, 15) is 9.18 Å². The Hall–Kier alpha value is -2.73. The molecule has 2 saturated heterocycles. The first-order chi connectivity index (χ1) is 14.2. The fraction of sp³-hybridized carbons (Fsp3) is 0.391. The number of carbonyl (C=O) groups excluding carboxylic acids is 1. The molecule has 1 aromatic heterocycles. The van der Waals surface area contributed by atoms with Gasteiger partial charge in [-0.15, -0.1) is 0 Å². The van der Waals surface area contributed by atoms with E-state index in [1.807, 2.05) is 52.3 Å². The minimum absolute atomic E-state index is 0.123. The molecule has 6 heteroatoms. The van der Waals surface area contributed by atoms with Crippen LogP contribution in [0.4, 0.5) is 10.2 Å². The van der Waals surface area contributed by atoms with E-state index in [4.69, 9.17) is 4.74 Å². The second kappa shape index (κ2) is 8.74. The maximum atomic E-state index is 14.0. The number of hydrogen-bond acceptors (Lipinski definition) is 4. The molecule has 2 aliphatic rings. The van der Waals surface area contributed by atoms with Gasteiger partial charge in [-0.1, -0.05) is 42.5 Å². The van der Waals surface area contributed by atoms with Crippen molar-refractivity contribution in [2.24, 2.45) is 0 Å². The SMILES string of the molecule is O=C1CC2(CCN(c3ncccc3F)CC2)OCCN1C/C=C/c1ccccc1. The number of aromatic nitrogens is 1. The van der Waals surface area contributed by atoms with E-state index in [2.05, 4.69) is 4.98 Å². The Morgan fingerprint density at radius 1 is 1.10 bits per heavy atom. The van der Waals surface area contributed by atoms with Crippen LogP contribution in [-0.4, -0.2) is 54.2 Å². The van der Waals surface area contributed by atoms with E-state index in [0.29, 0.717) is 57.9 Å². The lowest BCUT2D eigenvalue weighted by Gasteiger charge is -2.40. The normalized spacial score (nSPS) is 19.7. The zero-order valence-corrected chi connectivity index (χ0v) is 16.5. The highest BCUT2D eigenvalue weighted by Crippen LogP contribution is 2.34. The third-order valence-electron chi connectivity index (χ3n) is 5.74. The van der Waals surface area contributed by atoms with Gasteiger partial charge in [-0.2, -0.15) is 0 Å². The highest BCUT2D eigenvalue weighted by molar-refractivity contribution is 5.78. The third kappa shape index (κ3) is 4.65. The molecule has 5 nitrogen and oxygen atoms in total. The number of rotatable bonds is 4. The van der Waals surface area contributed by atoms with Crippen LogP contribution >= 0.6 is 0 Å². The molecule has 0 saturated carbocycles. The van der Waals surface area contributed by atoms with Crippen molar-refractivity contribution < 1.29 is 13.9 Å². The molecule has 0 N–H and O–H groups in total. The number of carbonyl (C=O) groups is 1. The van der Waals surface area contributed by atoms with E-state index in [0.717, 1.165) is 5.56 Å². The van der Waals surface area contributed by atoms with E-state index < -0.39 is 5.60 Å². The molecule has 0 unspecified atom stereocenters. The molecule has 2 fully saturated rings. The van der Waals surface area contributed by atoms with Crippen molar-refractivity contribution in [3.8, 4) is 0 Å². The summed E-state index contributed by atoms with van der Waals surface area (Å²) in [7, 11) is 0. The lowest BCUT2D eigenvalue weighted by molar-refractivity contribution is -0.133. The summed E-state index contributed by atoms with van der Waals surface area (Å²) < 4.78 is 20.2. The van der Waals surface area contributed by atoms with Gasteiger partial charge >= 0.3 is 0 Å². The fourth-order valence-electron chi connectivity index (χ4n) is 4.07. The predicted octanol–water partition coefficient (Wildman–Crippen LogP) is 3.52. The highest BCUT2D eigenvalue weighted by Gasteiger charge is 2.41. The number of halogens is 1. The minimum atomic E-state index is -0.448. The number of benzene rings is 1. The monoisotopic (exact) mass is 395 g/mol. The summed E-state index contributed by atoms with van der Waals surface area (Å²) in [5, 5.41) is 0. The second-order valence-electron chi connectivity index (χ2n) is 7.66. The summed E-state index contributed by atoms with van der Waals surface area (Å²) in [6, 6.07) is 13.1. The standard InChI is InChI=1S/C23H26FN3O2/c24-20-9-4-12-25-22(20)27-14-10-23(11-15-27)18-21(28)26(16-17-29-23)13-5-8-19-6-2-1-3-7-19/h1-9,12H,10-11,13-18H2/b8-5+. The van der Waals surface area contributed by atoms with E-state index in [-0.39, 0.29) is 11.7 Å². The van der Waals surface area contributed by atoms with E-state index in [1.165, 1.54) is 6.07 Å². The summed E-state index contributed by atoms with van der Waals surface area (Å²) >= 11 is 0. The topological polar surface area (TPSA) is 45.7 Å². The quantitative estimate of drug-likeness (QED) is 0.795. The molecule has 29 heavy (non-hydrogen) atoms. The first kappa shape index (κ1) is 19.6. The Bertz CT molecular complexity index is 863. The van der Waals surface area contributed by atoms with Crippen LogP contribution in [0, 0.1) is 5.82 Å². The Labute approximate surface area is 170 Å². The van der Waals surface area contributed by atoms with Gasteiger partial charge < -0.3 is 14.5 Å². The van der Waals surface area contributed by atoms with Gasteiger partial charge in [0.05, 0.1) is 18.6 Å². The Kier molecular flexibility index (Phi) is 5.90. The molecule has 4 rings (SSSR count). The summed E-state index contributed by atoms with van der Waals surface area (Å²) in [6.07, 6.45) is 7.44. The highest BCUT2D eigenvalue weighted by atomic mass is 19.1. The summed E-state index contributed by atoms with van der Waals surface area (Å²) in [5.41, 5.74) is 0.674. The van der Waals surface area contributed by atoms with Gasteiger partial charge in [-0.05, 0) is 30.5 Å². The Balaban J connectivity index is 1.35. The Morgan fingerprint density at radius 3 is 2.66 bits per heavy atom. The van der Waals surface area contributed by atoms with Crippen molar-refractivity contribution in [1.82, 2.24) is 9.88 Å². The third-order valence-corrected chi connectivity index (χ3v) is 5.74. The Morgan fingerprint density at radius 2 is 1.90 bits per heavy atom. The average molecular weight is 395 g/mol. The number of nitrogens with zero attached hydrogens (tertiary/aromatic N) is 3. The maximum absolute atomic E-state index is 14.0. The second-order valence-corrected chi connectivity index (χ2v) is 7.66. The molecular formula is C23H26FN3O2. The maximum Gasteiger partial charge on any atom is 0.225 e. The first-order valence-corrected chi connectivity index (χ1v) is 10.1. The molecule has 1 amide bonds. The summed E-state index contributed by atoms with van der Waals surface area (Å²) in [5.74, 6) is 0.199. The number of pyridine rings is 1. The van der Waals surface area contributed by atoms with Crippen molar-refractivity contribution in [3.05, 3.63) is 66.1 Å². The van der Waals surface area contributed by atoms with Crippen molar-refractivity contribution in [3.63, 3.8) is 0 Å². The molecule has 2 aromatic rings. The number of hydrogen-bond donors (Lipinski definition) is 0.